The molecule has 1 N–H and O–H groups in total. The number of amides is 1. The van der Waals surface area contributed by atoms with E-state index in [2.05, 4.69) is 19.2 Å². The number of carbonyl (C=O) groups is 1. The molecule has 0 aromatic rings. The molecule has 0 bridgehead atoms. The summed E-state index contributed by atoms with van der Waals surface area (Å²) >= 11 is 0. The number of alkyl carbamates (subject to hydrolysis) is 1. The van der Waals surface area contributed by atoms with E-state index in [0.29, 0.717) is 11.5 Å². The van der Waals surface area contributed by atoms with Crippen molar-refractivity contribution in [2.45, 2.75) is 59.1 Å². The smallest absolute Gasteiger partial charge is 0.407 e. The van der Waals surface area contributed by atoms with Crippen LogP contribution in [0, 0.1) is 5.41 Å². The molecule has 0 aliphatic heterocycles. The summed E-state index contributed by atoms with van der Waals surface area (Å²) < 4.78 is 5.18. The number of nitrogens with one attached hydrogen (secondary N) is 1. The van der Waals surface area contributed by atoms with Crippen LogP contribution >= 0.6 is 0 Å². The minimum Gasteiger partial charge on any atom is -0.444 e. The zero-order valence-electron chi connectivity index (χ0n) is 9.81. The van der Waals surface area contributed by atoms with Crippen LogP contribution in [-0.4, -0.2) is 17.7 Å². The van der Waals surface area contributed by atoms with E-state index in [1.165, 1.54) is 0 Å². The maximum Gasteiger partial charge on any atom is 0.407 e. The maximum atomic E-state index is 11.4. The van der Waals surface area contributed by atoms with Crippen molar-refractivity contribution in [3.05, 3.63) is 0 Å². The Morgan fingerprint density at radius 1 is 1.57 bits per heavy atom. The van der Waals surface area contributed by atoms with Gasteiger partial charge in [-0.3, -0.25) is 0 Å². The molecule has 1 amide bonds. The van der Waals surface area contributed by atoms with E-state index >= 15 is 0 Å². The highest BCUT2D eigenvalue weighted by Gasteiger charge is 2.49. The van der Waals surface area contributed by atoms with Crippen LogP contribution in [0.1, 0.15) is 47.5 Å². The summed E-state index contributed by atoms with van der Waals surface area (Å²) in [6.45, 7) is 9.96. The zero-order chi connectivity index (χ0) is 11.0. The van der Waals surface area contributed by atoms with Gasteiger partial charge in [0, 0.05) is 6.04 Å². The molecule has 1 rings (SSSR count). The van der Waals surface area contributed by atoms with E-state index in [0.717, 1.165) is 12.8 Å². The van der Waals surface area contributed by atoms with E-state index in [4.69, 9.17) is 4.74 Å². The Kier molecular flexibility index (Phi) is 2.79. The first-order valence-corrected chi connectivity index (χ1v) is 5.26. The summed E-state index contributed by atoms with van der Waals surface area (Å²) in [6, 6.07) is 0.308. The molecule has 0 spiro atoms. The monoisotopic (exact) mass is 199 g/mol. The van der Waals surface area contributed by atoms with Gasteiger partial charge in [-0.05, 0) is 39.0 Å². The van der Waals surface area contributed by atoms with E-state index in [1.54, 1.807) is 0 Å². The Labute approximate surface area is 86.2 Å². The van der Waals surface area contributed by atoms with E-state index in [1.807, 2.05) is 20.8 Å². The molecule has 0 aromatic heterocycles. The summed E-state index contributed by atoms with van der Waals surface area (Å²) in [5.74, 6) is 0. The predicted octanol–water partition coefficient (Wildman–Crippen LogP) is 2.70. The van der Waals surface area contributed by atoms with Gasteiger partial charge < -0.3 is 10.1 Å². The largest absolute Gasteiger partial charge is 0.444 e. The van der Waals surface area contributed by atoms with Gasteiger partial charge in [0.1, 0.15) is 5.60 Å². The molecule has 0 saturated heterocycles. The van der Waals surface area contributed by atoms with Crippen LogP contribution in [0.25, 0.3) is 0 Å². The van der Waals surface area contributed by atoms with Gasteiger partial charge in [0.15, 0.2) is 0 Å². The van der Waals surface area contributed by atoms with Crippen molar-refractivity contribution in [1.29, 1.82) is 0 Å². The minimum absolute atomic E-state index is 0.292. The average Bonchev–Trinajstić information content (AvgIpc) is 2.58. The summed E-state index contributed by atoms with van der Waals surface area (Å²) in [5.41, 5.74) is -0.0987. The Morgan fingerprint density at radius 2 is 2.14 bits per heavy atom. The predicted molar refractivity (Wildman–Crippen MR) is 56.2 cm³/mol. The number of hydrogen-bond acceptors (Lipinski definition) is 2. The highest BCUT2D eigenvalue weighted by molar-refractivity contribution is 5.68. The maximum absolute atomic E-state index is 11.4. The molecule has 1 saturated carbocycles. The minimum atomic E-state index is -0.401. The Balaban J connectivity index is 2.31. The van der Waals surface area contributed by atoms with E-state index < -0.39 is 5.60 Å². The lowest BCUT2D eigenvalue weighted by molar-refractivity contribution is 0.0516. The molecule has 2 atom stereocenters. The van der Waals surface area contributed by atoms with Crippen molar-refractivity contribution in [3.63, 3.8) is 0 Å². The van der Waals surface area contributed by atoms with Crippen LogP contribution in [0.2, 0.25) is 0 Å². The highest BCUT2D eigenvalue weighted by atomic mass is 16.6. The second kappa shape index (κ2) is 3.44. The van der Waals surface area contributed by atoms with Crippen LogP contribution < -0.4 is 5.32 Å². The molecule has 82 valence electrons. The van der Waals surface area contributed by atoms with Crippen molar-refractivity contribution in [1.82, 2.24) is 5.32 Å². The number of carbonyl (C=O) groups excluding carboxylic acids is 1. The van der Waals surface area contributed by atoms with Gasteiger partial charge in [0.05, 0.1) is 0 Å². The fraction of sp³-hybridized carbons (Fsp3) is 0.909. The normalized spacial score (nSPS) is 31.1. The summed E-state index contributed by atoms with van der Waals surface area (Å²) in [4.78, 5) is 11.4. The van der Waals surface area contributed by atoms with Gasteiger partial charge in [-0.15, -0.1) is 0 Å². The molecule has 14 heavy (non-hydrogen) atoms. The first kappa shape index (κ1) is 11.3. The lowest BCUT2D eigenvalue weighted by Crippen LogP contribution is -2.35. The molecule has 3 nitrogen and oxygen atoms in total. The zero-order valence-corrected chi connectivity index (χ0v) is 9.81. The van der Waals surface area contributed by atoms with Gasteiger partial charge in [0.25, 0.3) is 0 Å². The van der Waals surface area contributed by atoms with E-state index in [-0.39, 0.29) is 6.09 Å². The van der Waals surface area contributed by atoms with Gasteiger partial charge in [-0.2, -0.15) is 0 Å². The standard InChI is InChI=1S/C11H21NO2/c1-6-11(5)7-8(11)12-9(13)14-10(2,3)4/h8H,6-7H2,1-5H3,(H,12,13)/t8-,11+/m1/s1. The van der Waals surface area contributed by atoms with Crippen LogP contribution in [0.4, 0.5) is 4.79 Å². The lowest BCUT2D eigenvalue weighted by Gasteiger charge is -2.20. The Morgan fingerprint density at radius 3 is 2.50 bits per heavy atom. The fourth-order valence-electron chi connectivity index (χ4n) is 1.47. The number of hydrogen-bond donors (Lipinski definition) is 1. The van der Waals surface area contributed by atoms with Crippen LogP contribution in [0.3, 0.4) is 0 Å². The second-order valence-corrected chi connectivity index (χ2v) is 5.41. The molecule has 0 aromatic carbocycles. The van der Waals surface area contributed by atoms with Gasteiger partial charge >= 0.3 is 6.09 Å². The molecule has 3 heteroatoms. The topological polar surface area (TPSA) is 38.3 Å². The Bertz CT molecular complexity index is 232. The van der Waals surface area contributed by atoms with E-state index in [9.17, 15) is 4.79 Å². The number of rotatable bonds is 2. The molecule has 0 heterocycles. The third kappa shape index (κ3) is 2.89. The summed E-state index contributed by atoms with van der Waals surface area (Å²) in [5, 5.41) is 2.89. The first-order valence-electron chi connectivity index (χ1n) is 5.26. The molecule has 1 aliphatic rings. The molecule has 1 fully saturated rings. The fourth-order valence-corrected chi connectivity index (χ4v) is 1.47. The van der Waals surface area contributed by atoms with Crippen LogP contribution in [0.5, 0.6) is 0 Å². The second-order valence-electron chi connectivity index (χ2n) is 5.41. The van der Waals surface area contributed by atoms with Gasteiger partial charge in [-0.25, -0.2) is 4.79 Å². The van der Waals surface area contributed by atoms with Crippen molar-refractivity contribution >= 4 is 6.09 Å². The molecule has 1 aliphatic carbocycles. The number of ether oxygens (including phenoxy) is 1. The van der Waals surface area contributed by atoms with Crippen molar-refractivity contribution in [3.8, 4) is 0 Å². The molecule has 0 unspecified atom stereocenters. The Hall–Kier alpha value is -0.730. The van der Waals surface area contributed by atoms with Crippen molar-refractivity contribution < 1.29 is 9.53 Å². The first-order chi connectivity index (χ1) is 6.27. The van der Waals surface area contributed by atoms with Crippen molar-refractivity contribution in [2.24, 2.45) is 5.41 Å². The third-order valence-corrected chi connectivity index (χ3v) is 2.85. The van der Waals surface area contributed by atoms with Crippen molar-refractivity contribution in [2.75, 3.05) is 0 Å². The highest BCUT2D eigenvalue weighted by Crippen LogP contribution is 2.48. The van der Waals surface area contributed by atoms with Gasteiger partial charge in [0.2, 0.25) is 0 Å². The SMILES string of the molecule is CC[C@@]1(C)C[C@H]1NC(=O)OC(C)(C)C. The lowest BCUT2D eigenvalue weighted by atomic mass is 10.1. The average molecular weight is 199 g/mol. The quantitative estimate of drug-likeness (QED) is 0.742. The molecular formula is C11H21NO2. The van der Waals surface area contributed by atoms with Crippen LogP contribution in [0.15, 0.2) is 0 Å². The van der Waals surface area contributed by atoms with Crippen LogP contribution in [-0.2, 0) is 4.74 Å². The molecule has 0 radical (unpaired) electrons. The summed E-state index contributed by atoms with van der Waals surface area (Å²) in [6.07, 6.45) is 1.88. The summed E-state index contributed by atoms with van der Waals surface area (Å²) in [7, 11) is 0. The third-order valence-electron chi connectivity index (χ3n) is 2.85. The van der Waals surface area contributed by atoms with Gasteiger partial charge in [-0.1, -0.05) is 13.8 Å². The molecular weight excluding hydrogens is 178 g/mol.